The van der Waals surface area contributed by atoms with Crippen LogP contribution in [-0.4, -0.2) is 31.1 Å². The van der Waals surface area contributed by atoms with Crippen molar-refractivity contribution >= 4 is 15.9 Å². The van der Waals surface area contributed by atoms with Crippen molar-refractivity contribution in [2.75, 3.05) is 26.2 Å². The lowest BCUT2D eigenvalue weighted by Gasteiger charge is -2.25. The molecule has 0 aromatic heterocycles. The first-order chi connectivity index (χ1) is 9.19. The van der Waals surface area contributed by atoms with Gasteiger partial charge in [-0.15, -0.1) is 0 Å². The van der Waals surface area contributed by atoms with Crippen LogP contribution in [0, 0.1) is 5.92 Å². The number of hydrogen-bond acceptors (Lipinski definition) is 2. The second-order valence-electron chi connectivity index (χ2n) is 4.88. The van der Waals surface area contributed by atoms with Crippen LogP contribution in [0.15, 0.2) is 28.7 Å². The van der Waals surface area contributed by atoms with E-state index < -0.39 is 0 Å². The summed E-state index contributed by atoms with van der Waals surface area (Å²) in [6, 6.07) is 8.03. The van der Waals surface area contributed by atoms with Gasteiger partial charge in [0.25, 0.3) is 0 Å². The van der Waals surface area contributed by atoms with Gasteiger partial charge in [0.1, 0.15) is 12.4 Å². The molecule has 1 aromatic rings. The van der Waals surface area contributed by atoms with Gasteiger partial charge < -0.3 is 4.74 Å². The zero-order chi connectivity index (χ0) is 14.1. The predicted octanol–water partition coefficient (Wildman–Crippen LogP) is 4.59. The number of rotatable bonds is 9. The molecule has 0 aliphatic heterocycles. The second kappa shape index (κ2) is 9.38. The average molecular weight is 328 g/mol. The van der Waals surface area contributed by atoms with Crippen molar-refractivity contribution in [3.8, 4) is 5.75 Å². The smallest absolute Gasteiger partial charge is 0.120 e. The molecule has 1 rings (SSSR count). The number of halogens is 1. The Bertz CT molecular complexity index is 352. The van der Waals surface area contributed by atoms with Crippen LogP contribution >= 0.6 is 15.9 Å². The number of benzene rings is 1. The monoisotopic (exact) mass is 327 g/mol. The Kier molecular flexibility index (Phi) is 8.15. The molecule has 0 heterocycles. The van der Waals surface area contributed by atoms with Crippen LogP contribution in [0.3, 0.4) is 0 Å². The van der Waals surface area contributed by atoms with Crippen molar-refractivity contribution in [2.45, 2.75) is 33.6 Å². The average Bonchev–Trinajstić information content (AvgIpc) is 2.43. The minimum atomic E-state index is 0.754. The SMILES string of the molecule is CCC(CC)CN(CC)CCOc1cccc(Br)c1. The van der Waals surface area contributed by atoms with Gasteiger partial charge in [0.2, 0.25) is 0 Å². The molecule has 3 heteroatoms. The Morgan fingerprint density at radius 2 is 1.95 bits per heavy atom. The van der Waals surface area contributed by atoms with Crippen LogP contribution in [0.2, 0.25) is 0 Å². The molecule has 19 heavy (non-hydrogen) atoms. The summed E-state index contributed by atoms with van der Waals surface area (Å²) in [5, 5.41) is 0. The van der Waals surface area contributed by atoms with E-state index in [2.05, 4.69) is 41.6 Å². The maximum absolute atomic E-state index is 5.80. The quantitative estimate of drug-likeness (QED) is 0.657. The molecular weight excluding hydrogens is 302 g/mol. The Morgan fingerprint density at radius 3 is 2.53 bits per heavy atom. The topological polar surface area (TPSA) is 12.5 Å². The zero-order valence-corrected chi connectivity index (χ0v) is 13.9. The van der Waals surface area contributed by atoms with Crippen molar-refractivity contribution in [1.82, 2.24) is 4.90 Å². The third-order valence-corrected chi connectivity index (χ3v) is 4.08. The fraction of sp³-hybridized carbons (Fsp3) is 0.625. The molecule has 2 nitrogen and oxygen atoms in total. The summed E-state index contributed by atoms with van der Waals surface area (Å²) in [6.45, 7) is 10.8. The second-order valence-corrected chi connectivity index (χ2v) is 5.80. The van der Waals surface area contributed by atoms with Gasteiger partial charge in [-0.05, 0) is 30.7 Å². The van der Waals surface area contributed by atoms with E-state index in [0.29, 0.717) is 0 Å². The Hall–Kier alpha value is -0.540. The van der Waals surface area contributed by atoms with E-state index in [0.717, 1.165) is 35.8 Å². The summed E-state index contributed by atoms with van der Waals surface area (Å²) in [5.41, 5.74) is 0. The van der Waals surface area contributed by atoms with Gasteiger partial charge in [0.05, 0.1) is 0 Å². The molecule has 0 N–H and O–H groups in total. The van der Waals surface area contributed by atoms with Gasteiger partial charge >= 0.3 is 0 Å². The van der Waals surface area contributed by atoms with Crippen LogP contribution in [0.25, 0.3) is 0 Å². The number of hydrogen-bond donors (Lipinski definition) is 0. The molecule has 0 bridgehead atoms. The van der Waals surface area contributed by atoms with E-state index in [-0.39, 0.29) is 0 Å². The third-order valence-electron chi connectivity index (χ3n) is 3.59. The van der Waals surface area contributed by atoms with Crippen LogP contribution in [-0.2, 0) is 0 Å². The van der Waals surface area contributed by atoms with Crippen molar-refractivity contribution in [2.24, 2.45) is 5.92 Å². The first-order valence-corrected chi connectivity index (χ1v) is 8.09. The fourth-order valence-corrected chi connectivity index (χ4v) is 2.52. The highest BCUT2D eigenvalue weighted by atomic mass is 79.9. The van der Waals surface area contributed by atoms with Gasteiger partial charge in [0, 0.05) is 17.6 Å². The van der Waals surface area contributed by atoms with Gasteiger partial charge in [-0.25, -0.2) is 0 Å². The van der Waals surface area contributed by atoms with Gasteiger partial charge in [-0.3, -0.25) is 4.90 Å². The van der Waals surface area contributed by atoms with Crippen LogP contribution in [0.4, 0.5) is 0 Å². The minimum Gasteiger partial charge on any atom is -0.492 e. The Morgan fingerprint density at radius 1 is 1.21 bits per heavy atom. The molecule has 1 aromatic carbocycles. The summed E-state index contributed by atoms with van der Waals surface area (Å²) in [5.74, 6) is 1.75. The molecule has 0 radical (unpaired) electrons. The highest BCUT2D eigenvalue weighted by Gasteiger charge is 2.09. The summed E-state index contributed by atoms with van der Waals surface area (Å²) in [7, 11) is 0. The molecule has 0 saturated heterocycles. The maximum Gasteiger partial charge on any atom is 0.120 e. The lowest BCUT2D eigenvalue weighted by molar-refractivity contribution is 0.188. The molecule has 0 atom stereocenters. The first kappa shape index (κ1) is 16.5. The fourth-order valence-electron chi connectivity index (χ4n) is 2.14. The molecule has 0 saturated carbocycles. The van der Waals surface area contributed by atoms with Crippen LogP contribution in [0.1, 0.15) is 33.6 Å². The van der Waals surface area contributed by atoms with E-state index in [4.69, 9.17) is 4.74 Å². The van der Waals surface area contributed by atoms with E-state index >= 15 is 0 Å². The molecule has 0 unspecified atom stereocenters. The van der Waals surface area contributed by atoms with Gasteiger partial charge in [-0.2, -0.15) is 0 Å². The highest BCUT2D eigenvalue weighted by Crippen LogP contribution is 2.17. The van der Waals surface area contributed by atoms with Crippen LogP contribution < -0.4 is 4.74 Å². The van der Waals surface area contributed by atoms with E-state index in [1.807, 2.05) is 24.3 Å². The van der Waals surface area contributed by atoms with Crippen molar-refractivity contribution in [1.29, 1.82) is 0 Å². The van der Waals surface area contributed by atoms with Crippen molar-refractivity contribution < 1.29 is 4.74 Å². The molecule has 0 aliphatic rings. The predicted molar refractivity (Wildman–Crippen MR) is 85.8 cm³/mol. The zero-order valence-electron chi connectivity index (χ0n) is 12.4. The summed E-state index contributed by atoms with van der Waals surface area (Å²) in [4.78, 5) is 2.48. The lowest BCUT2D eigenvalue weighted by atomic mass is 10.0. The normalized spacial score (nSPS) is 11.3. The summed E-state index contributed by atoms with van der Waals surface area (Å²) >= 11 is 3.46. The standard InChI is InChI=1S/C16H26BrNO/c1-4-14(5-2)13-18(6-3)10-11-19-16-9-7-8-15(17)12-16/h7-9,12,14H,4-6,10-11,13H2,1-3H3. The number of ether oxygens (including phenoxy) is 1. The molecular formula is C16H26BrNO. The molecule has 0 amide bonds. The van der Waals surface area contributed by atoms with Crippen LogP contribution in [0.5, 0.6) is 5.75 Å². The van der Waals surface area contributed by atoms with E-state index in [9.17, 15) is 0 Å². The summed E-state index contributed by atoms with van der Waals surface area (Å²) < 4.78 is 6.86. The summed E-state index contributed by atoms with van der Waals surface area (Å²) in [6.07, 6.45) is 2.53. The first-order valence-electron chi connectivity index (χ1n) is 7.30. The Balaban J connectivity index is 2.33. The van der Waals surface area contributed by atoms with Crippen molar-refractivity contribution in [3.05, 3.63) is 28.7 Å². The highest BCUT2D eigenvalue weighted by molar-refractivity contribution is 9.10. The van der Waals surface area contributed by atoms with E-state index in [1.165, 1.54) is 19.4 Å². The third kappa shape index (κ3) is 6.44. The number of nitrogens with zero attached hydrogens (tertiary/aromatic N) is 1. The molecule has 0 fully saturated rings. The Labute approximate surface area is 126 Å². The van der Waals surface area contributed by atoms with Gasteiger partial charge in [-0.1, -0.05) is 55.6 Å². The minimum absolute atomic E-state index is 0.754. The molecule has 108 valence electrons. The largest absolute Gasteiger partial charge is 0.492 e. The lowest BCUT2D eigenvalue weighted by Crippen LogP contribution is -2.32. The van der Waals surface area contributed by atoms with Gasteiger partial charge in [0.15, 0.2) is 0 Å². The maximum atomic E-state index is 5.80. The van der Waals surface area contributed by atoms with E-state index in [1.54, 1.807) is 0 Å². The molecule has 0 spiro atoms. The molecule has 0 aliphatic carbocycles. The van der Waals surface area contributed by atoms with Crippen molar-refractivity contribution in [3.63, 3.8) is 0 Å². The number of likely N-dealkylation sites (N-methyl/N-ethyl adjacent to an activating group) is 1.